The lowest BCUT2D eigenvalue weighted by Gasteiger charge is -2.32. The smallest absolute Gasteiger partial charge is 0.0236 e. The number of piperidine rings is 1. The Morgan fingerprint density at radius 3 is 2.65 bits per heavy atom. The Hall–Kier alpha value is -2.03. The molecule has 0 amide bonds. The van der Waals surface area contributed by atoms with Crippen LogP contribution in [-0.4, -0.2) is 17.4 Å². The second kappa shape index (κ2) is 11.1. The first kappa shape index (κ1) is 25.1. The van der Waals surface area contributed by atoms with Crippen LogP contribution >= 0.6 is 11.9 Å². The molecule has 2 aromatic carbocycles. The maximum Gasteiger partial charge on any atom is 0.0236 e. The molecule has 0 N–H and O–H groups in total. The van der Waals surface area contributed by atoms with Gasteiger partial charge in [0.2, 0.25) is 0 Å². The largest absolute Gasteiger partial charge is 0.246 e. The first-order valence-electron chi connectivity index (χ1n) is 13.0. The summed E-state index contributed by atoms with van der Waals surface area (Å²) in [4.78, 5) is 1.36. The van der Waals surface area contributed by atoms with Gasteiger partial charge in [-0.3, -0.25) is 0 Å². The molecule has 4 rings (SSSR count). The van der Waals surface area contributed by atoms with Crippen LogP contribution in [0.2, 0.25) is 0 Å². The maximum atomic E-state index is 4.02. The predicted octanol–water partition coefficient (Wildman–Crippen LogP) is 9.09. The van der Waals surface area contributed by atoms with Crippen molar-refractivity contribution in [3.8, 4) is 0 Å². The highest BCUT2D eigenvalue weighted by molar-refractivity contribution is 7.97. The molecule has 1 saturated heterocycles. The first-order chi connectivity index (χ1) is 16.3. The van der Waals surface area contributed by atoms with Crippen LogP contribution in [0.3, 0.4) is 0 Å². The van der Waals surface area contributed by atoms with E-state index >= 15 is 0 Å². The van der Waals surface area contributed by atoms with Crippen LogP contribution in [0.4, 0.5) is 0 Å². The summed E-state index contributed by atoms with van der Waals surface area (Å²) in [5.41, 5.74) is 7.49. The predicted molar refractivity (Wildman–Crippen MR) is 150 cm³/mol. The van der Waals surface area contributed by atoms with E-state index in [1.165, 1.54) is 46.4 Å². The summed E-state index contributed by atoms with van der Waals surface area (Å²) in [6, 6.07) is 18.5. The van der Waals surface area contributed by atoms with Crippen molar-refractivity contribution in [2.24, 2.45) is 11.3 Å². The van der Waals surface area contributed by atoms with Gasteiger partial charge in [-0.25, -0.2) is 4.31 Å². The molecule has 1 aliphatic carbocycles. The molecule has 1 aliphatic heterocycles. The number of allylic oxidation sites excluding steroid dienone is 5. The first-order valence-corrected chi connectivity index (χ1v) is 13.8. The summed E-state index contributed by atoms with van der Waals surface area (Å²) in [5, 5.41) is 0. The molecule has 1 fully saturated rings. The van der Waals surface area contributed by atoms with E-state index in [0.29, 0.717) is 11.8 Å². The monoisotopic (exact) mass is 471 g/mol. The zero-order chi connectivity index (χ0) is 24.1. The summed E-state index contributed by atoms with van der Waals surface area (Å²) >= 11 is 1.94. The summed E-state index contributed by atoms with van der Waals surface area (Å²) in [6.45, 7) is 15.4. The van der Waals surface area contributed by atoms with Gasteiger partial charge in [0.05, 0.1) is 0 Å². The summed E-state index contributed by atoms with van der Waals surface area (Å²) in [5.74, 6) is 1.26. The van der Waals surface area contributed by atoms with Crippen molar-refractivity contribution in [3.05, 3.63) is 95.6 Å². The highest BCUT2D eigenvalue weighted by atomic mass is 32.2. The Bertz CT molecular complexity index is 1060. The van der Waals surface area contributed by atoms with Crippen LogP contribution in [0.5, 0.6) is 0 Å². The number of benzene rings is 2. The molecule has 0 spiro atoms. The van der Waals surface area contributed by atoms with Gasteiger partial charge >= 0.3 is 0 Å². The van der Waals surface area contributed by atoms with E-state index in [1.54, 1.807) is 5.57 Å². The molecule has 180 valence electrons. The van der Waals surface area contributed by atoms with Gasteiger partial charge in [0, 0.05) is 18.0 Å². The average molecular weight is 472 g/mol. The lowest BCUT2D eigenvalue weighted by atomic mass is 9.84. The Labute approximate surface area is 212 Å². The molecule has 1 nitrogen and oxygen atoms in total. The third-order valence-corrected chi connectivity index (χ3v) is 8.44. The van der Waals surface area contributed by atoms with Crippen molar-refractivity contribution in [1.29, 1.82) is 0 Å². The topological polar surface area (TPSA) is 3.24 Å². The number of nitrogens with zero attached hydrogens (tertiary/aromatic N) is 1. The lowest BCUT2D eigenvalue weighted by Crippen LogP contribution is -2.29. The van der Waals surface area contributed by atoms with Crippen molar-refractivity contribution < 1.29 is 0 Å². The minimum absolute atomic E-state index is 0.137. The molecular formula is C32H41NS. The third-order valence-electron chi connectivity index (χ3n) is 7.38. The minimum atomic E-state index is 0.137. The number of hydrogen-bond acceptors (Lipinski definition) is 2. The van der Waals surface area contributed by atoms with Crippen LogP contribution in [0.15, 0.2) is 83.8 Å². The second-order valence-electron chi connectivity index (χ2n) is 11.0. The van der Waals surface area contributed by atoms with Gasteiger partial charge in [-0.05, 0) is 95.7 Å². The minimum Gasteiger partial charge on any atom is -0.246 e. The number of rotatable bonds is 8. The summed E-state index contributed by atoms with van der Waals surface area (Å²) in [7, 11) is 0. The maximum absolute atomic E-state index is 4.02. The SMILES string of the molecule is C=CC(C)(C)Cc1cccc(C2CCCN(Sc3cccc(C4=CC=C(C(C)C)CC4)c3)C2)c1. The van der Waals surface area contributed by atoms with Crippen LogP contribution < -0.4 is 0 Å². The molecule has 34 heavy (non-hydrogen) atoms. The van der Waals surface area contributed by atoms with E-state index < -0.39 is 0 Å². The van der Waals surface area contributed by atoms with Crippen LogP contribution in [-0.2, 0) is 6.42 Å². The van der Waals surface area contributed by atoms with Gasteiger partial charge in [-0.1, -0.05) is 87.9 Å². The van der Waals surface area contributed by atoms with Crippen molar-refractivity contribution in [2.45, 2.75) is 70.6 Å². The van der Waals surface area contributed by atoms with Gasteiger partial charge in [-0.2, -0.15) is 0 Å². The zero-order valence-electron chi connectivity index (χ0n) is 21.5. The van der Waals surface area contributed by atoms with Crippen LogP contribution in [0.1, 0.15) is 76.0 Å². The standard InChI is InChI=1S/C32H41NS/c1-6-32(4,5)22-25-10-7-11-28(20-25)30-13-9-19-33(23-30)34-31-14-8-12-29(21-31)27-17-15-26(16-18-27)24(2)3/h6-8,10-12,14-15,17,20-21,24,30H,1,9,13,16,18-19,22-23H2,2-5H3. The Morgan fingerprint density at radius 2 is 1.91 bits per heavy atom. The summed E-state index contributed by atoms with van der Waals surface area (Å²) < 4.78 is 2.58. The molecule has 1 heterocycles. The van der Waals surface area contributed by atoms with E-state index in [0.717, 1.165) is 25.9 Å². The number of hydrogen-bond donors (Lipinski definition) is 0. The van der Waals surface area contributed by atoms with Gasteiger partial charge in [0.25, 0.3) is 0 Å². The molecule has 2 heteroatoms. The molecular weight excluding hydrogens is 430 g/mol. The molecule has 2 aliphatic rings. The zero-order valence-corrected chi connectivity index (χ0v) is 22.3. The van der Waals surface area contributed by atoms with Crippen molar-refractivity contribution in [3.63, 3.8) is 0 Å². The molecule has 0 saturated carbocycles. The molecule has 2 aromatic rings. The van der Waals surface area contributed by atoms with Gasteiger partial charge in [-0.15, -0.1) is 6.58 Å². The van der Waals surface area contributed by atoms with E-state index in [-0.39, 0.29) is 5.41 Å². The van der Waals surface area contributed by atoms with E-state index in [9.17, 15) is 0 Å². The highest BCUT2D eigenvalue weighted by Gasteiger charge is 2.23. The molecule has 1 unspecified atom stereocenters. The van der Waals surface area contributed by atoms with E-state index in [1.807, 2.05) is 11.9 Å². The van der Waals surface area contributed by atoms with E-state index in [4.69, 9.17) is 0 Å². The average Bonchev–Trinajstić information content (AvgIpc) is 2.84. The van der Waals surface area contributed by atoms with Gasteiger partial charge in [0.15, 0.2) is 0 Å². The Kier molecular flexibility index (Phi) is 8.22. The van der Waals surface area contributed by atoms with Crippen LogP contribution in [0.25, 0.3) is 5.57 Å². The summed E-state index contributed by atoms with van der Waals surface area (Å²) in [6.07, 6.45) is 12.7. The Balaban J connectivity index is 1.42. The molecule has 0 radical (unpaired) electrons. The van der Waals surface area contributed by atoms with Crippen molar-refractivity contribution >= 4 is 17.5 Å². The van der Waals surface area contributed by atoms with Crippen molar-refractivity contribution in [2.75, 3.05) is 13.1 Å². The fourth-order valence-corrected chi connectivity index (χ4v) is 6.22. The third kappa shape index (κ3) is 6.55. The Morgan fingerprint density at radius 1 is 1.09 bits per heavy atom. The van der Waals surface area contributed by atoms with Gasteiger partial charge < -0.3 is 0 Å². The quantitative estimate of drug-likeness (QED) is 0.279. The molecule has 0 bridgehead atoms. The van der Waals surface area contributed by atoms with Crippen LogP contribution in [0, 0.1) is 11.3 Å². The van der Waals surface area contributed by atoms with E-state index in [2.05, 4.69) is 105 Å². The fraction of sp³-hybridized carbons (Fsp3) is 0.438. The fourth-order valence-electron chi connectivity index (χ4n) is 5.13. The van der Waals surface area contributed by atoms with Gasteiger partial charge in [0.1, 0.15) is 0 Å². The highest BCUT2D eigenvalue weighted by Crippen LogP contribution is 2.36. The van der Waals surface area contributed by atoms with Crippen molar-refractivity contribution in [1.82, 2.24) is 4.31 Å². The second-order valence-corrected chi connectivity index (χ2v) is 12.2. The molecule has 1 atom stereocenters. The normalized spacial score (nSPS) is 19.6. The lowest BCUT2D eigenvalue weighted by molar-refractivity contribution is 0.342. The molecule has 0 aromatic heterocycles.